The maximum Gasteiger partial charge on any atom is 0.0934 e. The molecule has 4 rings (SSSR count). The molecule has 1 unspecified atom stereocenters. The highest BCUT2D eigenvalue weighted by atomic mass is 79.9. The first-order chi connectivity index (χ1) is 9.74. The Morgan fingerprint density at radius 3 is 2.55 bits per heavy atom. The fourth-order valence-corrected chi connectivity index (χ4v) is 4.93. The summed E-state index contributed by atoms with van der Waals surface area (Å²) in [4.78, 5) is 1.19. The van der Waals surface area contributed by atoms with Crippen LogP contribution in [0.5, 0.6) is 0 Å². The van der Waals surface area contributed by atoms with E-state index in [1.54, 1.807) is 11.3 Å². The van der Waals surface area contributed by atoms with Crippen LogP contribution >= 0.6 is 38.9 Å². The van der Waals surface area contributed by atoms with E-state index in [0.29, 0.717) is 0 Å². The lowest BCUT2D eigenvalue weighted by Crippen LogP contribution is -1.93. The Morgan fingerprint density at radius 1 is 1.00 bits per heavy atom. The van der Waals surface area contributed by atoms with E-state index in [1.165, 1.54) is 32.3 Å². The van der Waals surface area contributed by atoms with Crippen molar-refractivity contribution < 1.29 is 0 Å². The van der Waals surface area contributed by atoms with E-state index in [0.717, 1.165) is 16.6 Å². The number of thiophene rings is 1. The van der Waals surface area contributed by atoms with Crippen molar-refractivity contribution in [1.82, 2.24) is 0 Å². The molecule has 0 nitrogen and oxygen atoms in total. The Morgan fingerprint density at radius 2 is 1.80 bits per heavy atom. The predicted molar refractivity (Wildman–Crippen MR) is 91.1 cm³/mol. The Kier molecular flexibility index (Phi) is 3.13. The van der Waals surface area contributed by atoms with E-state index >= 15 is 0 Å². The van der Waals surface area contributed by atoms with Crippen molar-refractivity contribution in [1.29, 1.82) is 0 Å². The smallest absolute Gasteiger partial charge is 0.0934 e. The third-order valence-corrected chi connectivity index (χ3v) is 6.32. The number of hydrogen-bond donors (Lipinski definition) is 0. The fourth-order valence-electron chi connectivity index (χ4n) is 3.11. The second kappa shape index (κ2) is 4.87. The van der Waals surface area contributed by atoms with Crippen LogP contribution in [-0.4, -0.2) is 0 Å². The first-order valence-corrected chi connectivity index (χ1v) is 8.71. The lowest BCUT2D eigenvalue weighted by atomic mass is 9.97. The number of aryl methyl sites for hydroxylation is 2. The molecule has 1 atom stereocenters. The molecule has 1 aromatic heterocycles. The van der Waals surface area contributed by atoms with Crippen LogP contribution in [0.3, 0.4) is 0 Å². The number of hydrogen-bond acceptors (Lipinski definition) is 1. The molecular weight excluding hydrogens is 352 g/mol. The summed E-state index contributed by atoms with van der Waals surface area (Å²) in [6, 6.07) is 15.2. The molecule has 0 saturated carbocycles. The average molecular weight is 364 g/mol. The van der Waals surface area contributed by atoms with Crippen molar-refractivity contribution in [3.8, 4) is 0 Å². The van der Waals surface area contributed by atoms with Crippen LogP contribution in [0.1, 0.15) is 26.9 Å². The first-order valence-electron chi connectivity index (χ1n) is 6.67. The minimum atomic E-state index is -0.0730. The summed E-state index contributed by atoms with van der Waals surface area (Å²) in [7, 11) is 0. The topological polar surface area (TPSA) is 0 Å². The molecule has 0 saturated heterocycles. The van der Waals surface area contributed by atoms with E-state index in [2.05, 4.69) is 58.4 Å². The summed E-state index contributed by atoms with van der Waals surface area (Å²) in [6.07, 6.45) is 2.32. The number of halogens is 2. The van der Waals surface area contributed by atoms with Gasteiger partial charge in [-0.15, -0.1) is 22.9 Å². The molecule has 100 valence electrons. The van der Waals surface area contributed by atoms with Gasteiger partial charge in [-0.1, -0.05) is 30.3 Å². The lowest BCUT2D eigenvalue weighted by Gasteiger charge is -2.13. The Bertz CT molecular complexity index is 796. The molecular formula is C17H12BrClS. The van der Waals surface area contributed by atoms with Gasteiger partial charge in [0.15, 0.2) is 0 Å². The third kappa shape index (κ3) is 1.93. The first kappa shape index (κ1) is 12.9. The van der Waals surface area contributed by atoms with Crippen molar-refractivity contribution in [2.75, 3.05) is 0 Å². The fraction of sp³-hybridized carbons (Fsp3) is 0.176. The highest BCUT2D eigenvalue weighted by Gasteiger charge is 2.20. The molecule has 3 aromatic rings. The zero-order valence-electron chi connectivity index (χ0n) is 10.7. The second-order valence-electron chi connectivity index (χ2n) is 5.16. The van der Waals surface area contributed by atoms with Gasteiger partial charge < -0.3 is 0 Å². The van der Waals surface area contributed by atoms with Gasteiger partial charge in [-0.05, 0) is 68.4 Å². The SMILES string of the molecule is ClC(c1ccc(Br)s1)c1ccc2c3c(cccc13)CC2. The summed E-state index contributed by atoms with van der Waals surface area (Å²) >= 11 is 12.0. The van der Waals surface area contributed by atoms with Gasteiger partial charge in [0.25, 0.3) is 0 Å². The molecule has 3 heteroatoms. The zero-order chi connectivity index (χ0) is 13.7. The molecule has 0 bridgehead atoms. The standard InChI is InChI=1S/C17H12BrClS/c18-15-9-8-14(20-15)17(19)13-7-6-11-5-4-10-2-1-3-12(13)16(10)11/h1-3,6-9,17H,4-5H2. The molecule has 1 aliphatic rings. The van der Waals surface area contributed by atoms with Crippen molar-refractivity contribution in [2.24, 2.45) is 0 Å². The maximum atomic E-state index is 6.74. The van der Waals surface area contributed by atoms with Gasteiger partial charge in [-0.2, -0.15) is 0 Å². The summed E-state index contributed by atoms with van der Waals surface area (Å²) in [5.41, 5.74) is 4.16. The third-order valence-electron chi connectivity index (χ3n) is 4.03. The predicted octanol–water partition coefficient (Wildman–Crippen LogP) is 6.09. The summed E-state index contributed by atoms with van der Waals surface area (Å²) < 4.78 is 1.13. The monoisotopic (exact) mass is 362 g/mol. The van der Waals surface area contributed by atoms with Gasteiger partial charge in [0.05, 0.1) is 9.16 Å². The number of rotatable bonds is 2. The Labute approximate surface area is 135 Å². The number of alkyl halides is 1. The van der Waals surface area contributed by atoms with E-state index < -0.39 is 0 Å². The van der Waals surface area contributed by atoms with Gasteiger partial charge in [0.2, 0.25) is 0 Å². The zero-order valence-corrected chi connectivity index (χ0v) is 13.9. The van der Waals surface area contributed by atoms with Crippen LogP contribution in [0, 0.1) is 0 Å². The van der Waals surface area contributed by atoms with E-state index in [1.807, 2.05) is 0 Å². The summed E-state index contributed by atoms with van der Waals surface area (Å²) in [6.45, 7) is 0. The lowest BCUT2D eigenvalue weighted by molar-refractivity contribution is 1.02. The van der Waals surface area contributed by atoms with Crippen molar-refractivity contribution in [2.45, 2.75) is 18.2 Å². The Hall–Kier alpha value is -0.830. The molecule has 0 N–H and O–H groups in total. The molecule has 0 spiro atoms. The van der Waals surface area contributed by atoms with Crippen LogP contribution < -0.4 is 0 Å². The quantitative estimate of drug-likeness (QED) is 0.483. The molecule has 0 fully saturated rings. The Balaban J connectivity index is 1.93. The van der Waals surface area contributed by atoms with Crippen molar-refractivity contribution in [3.63, 3.8) is 0 Å². The van der Waals surface area contributed by atoms with E-state index in [-0.39, 0.29) is 5.38 Å². The molecule has 1 heterocycles. The highest BCUT2D eigenvalue weighted by Crippen LogP contribution is 2.41. The van der Waals surface area contributed by atoms with Gasteiger partial charge in [0, 0.05) is 4.88 Å². The second-order valence-corrected chi connectivity index (χ2v) is 8.09. The summed E-state index contributed by atoms with van der Waals surface area (Å²) in [5, 5.41) is 2.68. The van der Waals surface area contributed by atoms with Crippen molar-refractivity contribution in [3.05, 3.63) is 67.8 Å². The van der Waals surface area contributed by atoms with Gasteiger partial charge >= 0.3 is 0 Å². The van der Waals surface area contributed by atoms with Gasteiger partial charge in [-0.25, -0.2) is 0 Å². The van der Waals surface area contributed by atoms with Crippen molar-refractivity contribution >= 4 is 49.6 Å². The molecule has 1 aliphatic carbocycles. The van der Waals surface area contributed by atoms with Crippen LogP contribution in [0.15, 0.2) is 46.3 Å². The van der Waals surface area contributed by atoms with Crippen LogP contribution in [0.25, 0.3) is 10.8 Å². The largest absolute Gasteiger partial charge is 0.131 e. The van der Waals surface area contributed by atoms with Crippen LogP contribution in [0.4, 0.5) is 0 Å². The molecule has 0 radical (unpaired) electrons. The molecule has 0 aliphatic heterocycles. The minimum absolute atomic E-state index is 0.0730. The van der Waals surface area contributed by atoms with E-state index in [4.69, 9.17) is 11.6 Å². The van der Waals surface area contributed by atoms with Crippen LogP contribution in [-0.2, 0) is 12.8 Å². The van der Waals surface area contributed by atoms with Gasteiger partial charge in [0.1, 0.15) is 0 Å². The molecule has 0 amide bonds. The average Bonchev–Trinajstić information content (AvgIpc) is 3.07. The summed E-state index contributed by atoms with van der Waals surface area (Å²) in [5.74, 6) is 0. The van der Waals surface area contributed by atoms with E-state index in [9.17, 15) is 0 Å². The normalized spacial score (nSPS) is 14.9. The minimum Gasteiger partial charge on any atom is -0.131 e. The van der Waals surface area contributed by atoms with Crippen LogP contribution in [0.2, 0.25) is 0 Å². The highest BCUT2D eigenvalue weighted by molar-refractivity contribution is 9.11. The number of benzene rings is 2. The maximum absolute atomic E-state index is 6.74. The molecule has 20 heavy (non-hydrogen) atoms. The molecule has 2 aromatic carbocycles. The van der Waals surface area contributed by atoms with Gasteiger partial charge in [-0.3, -0.25) is 0 Å².